The van der Waals surface area contributed by atoms with Gasteiger partial charge in [-0.15, -0.1) is 0 Å². The van der Waals surface area contributed by atoms with Crippen LogP contribution in [0, 0.1) is 0 Å². The third-order valence-electron chi connectivity index (χ3n) is 3.59. The second kappa shape index (κ2) is 7.28. The number of halogens is 1. The molecule has 1 fully saturated rings. The first-order valence-electron chi connectivity index (χ1n) is 7.45. The third-order valence-corrected chi connectivity index (χ3v) is 3.84. The highest BCUT2D eigenvalue weighted by Crippen LogP contribution is 2.18. The van der Waals surface area contributed by atoms with Crippen LogP contribution in [0.5, 0.6) is 5.88 Å². The summed E-state index contributed by atoms with van der Waals surface area (Å²) in [6, 6.07) is 6.90. The van der Waals surface area contributed by atoms with Gasteiger partial charge < -0.3 is 15.0 Å². The van der Waals surface area contributed by atoms with Crippen molar-refractivity contribution >= 4 is 23.3 Å². The maximum absolute atomic E-state index is 12.3. The second-order valence-electron chi connectivity index (χ2n) is 5.31. The molecule has 0 saturated carbocycles. The van der Waals surface area contributed by atoms with E-state index in [1.165, 1.54) is 0 Å². The van der Waals surface area contributed by atoms with E-state index in [2.05, 4.69) is 15.3 Å². The van der Waals surface area contributed by atoms with E-state index in [-0.39, 0.29) is 12.1 Å². The topological polar surface area (TPSA) is 67.4 Å². The van der Waals surface area contributed by atoms with E-state index in [9.17, 15) is 4.79 Å². The Hall–Kier alpha value is -2.34. The van der Waals surface area contributed by atoms with Crippen LogP contribution in [0.3, 0.4) is 0 Å². The van der Waals surface area contributed by atoms with Gasteiger partial charge >= 0.3 is 6.03 Å². The maximum Gasteiger partial charge on any atom is 0.321 e. The molecule has 1 N–H and O–H groups in total. The highest BCUT2D eigenvalue weighted by Gasteiger charge is 2.25. The zero-order chi connectivity index (χ0) is 16.1. The first-order chi connectivity index (χ1) is 11.2. The van der Waals surface area contributed by atoms with Crippen LogP contribution in [0.25, 0.3) is 0 Å². The molecule has 0 spiro atoms. The number of hydrogen-bond donors (Lipinski definition) is 1. The summed E-state index contributed by atoms with van der Waals surface area (Å²) in [7, 11) is 0. The van der Waals surface area contributed by atoms with E-state index in [0.29, 0.717) is 24.0 Å². The molecule has 1 aliphatic heterocycles. The van der Waals surface area contributed by atoms with Crippen molar-refractivity contribution in [2.45, 2.75) is 18.9 Å². The Bertz CT molecular complexity index is 651. The fraction of sp³-hybridized carbons (Fsp3) is 0.312. The molecule has 1 aliphatic rings. The van der Waals surface area contributed by atoms with Gasteiger partial charge in [0.15, 0.2) is 0 Å². The number of likely N-dealkylation sites (tertiary alicyclic amines) is 1. The van der Waals surface area contributed by atoms with Crippen LogP contribution in [-0.4, -0.2) is 40.1 Å². The minimum Gasteiger partial charge on any atom is -0.471 e. The smallest absolute Gasteiger partial charge is 0.321 e. The lowest BCUT2D eigenvalue weighted by Gasteiger charge is -2.32. The molecule has 2 amide bonds. The molecule has 2 aromatic rings. The van der Waals surface area contributed by atoms with Crippen LogP contribution in [0.2, 0.25) is 5.02 Å². The minimum absolute atomic E-state index is 0.0728. The average Bonchev–Trinajstić information content (AvgIpc) is 2.58. The molecule has 0 bridgehead atoms. The van der Waals surface area contributed by atoms with Gasteiger partial charge in [-0.1, -0.05) is 11.6 Å². The van der Waals surface area contributed by atoms with Crippen molar-refractivity contribution in [3.8, 4) is 5.88 Å². The summed E-state index contributed by atoms with van der Waals surface area (Å²) in [5.41, 5.74) is 0.719. The molecule has 6 nitrogen and oxygen atoms in total. The summed E-state index contributed by atoms with van der Waals surface area (Å²) >= 11 is 5.84. The lowest BCUT2D eigenvalue weighted by atomic mass is 10.1. The molecule has 1 unspecified atom stereocenters. The molecule has 3 rings (SSSR count). The predicted octanol–water partition coefficient (Wildman–Crippen LogP) is 3.21. The third kappa shape index (κ3) is 4.32. The molecule has 2 heterocycles. The van der Waals surface area contributed by atoms with Gasteiger partial charge in [0.25, 0.3) is 0 Å². The number of rotatable bonds is 3. The van der Waals surface area contributed by atoms with Gasteiger partial charge in [0.2, 0.25) is 5.88 Å². The second-order valence-corrected chi connectivity index (χ2v) is 5.75. The molecular weight excluding hydrogens is 316 g/mol. The monoisotopic (exact) mass is 332 g/mol. The summed E-state index contributed by atoms with van der Waals surface area (Å²) in [5, 5.41) is 3.51. The normalized spacial score (nSPS) is 17.6. The summed E-state index contributed by atoms with van der Waals surface area (Å²) in [4.78, 5) is 22.2. The number of piperidine rings is 1. The van der Waals surface area contributed by atoms with Crippen LogP contribution >= 0.6 is 11.6 Å². The number of amides is 2. The van der Waals surface area contributed by atoms with Crippen LogP contribution in [0.4, 0.5) is 10.5 Å². The Labute approximate surface area is 139 Å². The molecule has 1 atom stereocenters. The van der Waals surface area contributed by atoms with E-state index < -0.39 is 0 Å². The molecule has 120 valence electrons. The Kier molecular flexibility index (Phi) is 4.92. The molecule has 1 saturated heterocycles. The predicted molar refractivity (Wildman–Crippen MR) is 87.7 cm³/mol. The zero-order valence-electron chi connectivity index (χ0n) is 12.5. The molecule has 7 heteroatoms. The van der Waals surface area contributed by atoms with Crippen molar-refractivity contribution in [1.82, 2.24) is 14.9 Å². The van der Waals surface area contributed by atoms with Gasteiger partial charge in [-0.2, -0.15) is 0 Å². The number of carbonyl (C=O) groups is 1. The van der Waals surface area contributed by atoms with Crippen molar-refractivity contribution in [3.05, 3.63) is 47.9 Å². The SMILES string of the molecule is O=C(Nc1ccc(Cl)cc1)N1CCCC(Oc2cnccn2)C1. The number of hydrogen-bond acceptors (Lipinski definition) is 4. The number of nitrogens with zero attached hydrogens (tertiary/aromatic N) is 3. The summed E-state index contributed by atoms with van der Waals surface area (Å²) in [5.74, 6) is 0.484. The van der Waals surface area contributed by atoms with Crippen molar-refractivity contribution in [1.29, 1.82) is 0 Å². The van der Waals surface area contributed by atoms with Gasteiger partial charge in [0.1, 0.15) is 6.10 Å². The standard InChI is InChI=1S/C16H17ClN4O2/c17-12-3-5-13(6-4-12)20-16(22)21-9-1-2-14(11-21)23-15-10-18-7-8-19-15/h3-8,10,14H,1-2,9,11H2,(H,20,22). The van der Waals surface area contributed by atoms with Crippen molar-refractivity contribution in [2.75, 3.05) is 18.4 Å². The van der Waals surface area contributed by atoms with Crippen LogP contribution in [0.15, 0.2) is 42.9 Å². The van der Waals surface area contributed by atoms with Crippen molar-refractivity contribution in [3.63, 3.8) is 0 Å². The van der Waals surface area contributed by atoms with Crippen LogP contribution < -0.4 is 10.1 Å². The number of ether oxygens (including phenoxy) is 1. The van der Waals surface area contributed by atoms with Crippen molar-refractivity contribution in [2.24, 2.45) is 0 Å². The number of carbonyl (C=O) groups excluding carboxylic acids is 1. The lowest BCUT2D eigenvalue weighted by molar-refractivity contribution is 0.102. The maximum atomic E-state index is 12.3. The Morgan fingerprint density at radius 2 is 2.13 bits per heavy atom. The largest absolute Gasteiger partial charge is 0.471 e. The molecular formula is C16H17ClN4O2. The van der Waals surface area contributed by atoms with Gasteiger partial charge in [0, 0.05) is 29.6 Å². The van der Waals surface area contributed by atoms with E-state index >= 15 is 0 Å². The van der Waals surface area contributed by atoms with Crippen LogP contribution in [0.1, 0.15) is 12.8 Å². The summed E-state index contributed by atoms with van der Waals surface area (Å²) in [6.45, 7) is 1.23. The number of urea groups is 1. The number of nitrogens with one attached hydrogen (secondary N) is 1. The first kappa shape index (κ1) is 15.6. The molecule has 1 aromatic heterocycles. The van der Waals surface area contributed by atoms with Gasteiger partial charge in [-0.25, -0.2) is 9.78 Å². The Morgan fingerprint density at radius 1 is 1.30 bits per heavy atom. The lowest BCUT2D eigenvalue weighted by Crippen LogP contribution is -2.46. The van der Waals surface area contributed by atoms with Gasteiger partial charge in [-0.3, -0.25) is 4.98 Å². The highest BCUT2D eigenvalue weighted by atomic mass is 35.5. The molecule has 23 heavy (non-hydrogen) atoms. The Morgan fingerprint density at radius 3 is 2.87 bits per heavy atom. The van der Waals surface area contributed by atoms with Crippen LogP contribution in [-0.2, 0) is 0 Å². The Balaban J connectivity index is 1.57. The van der Waals surface area contributed by atoms with Gasteiger partial charge in [0.05, 0.1) is 12.7 Å². The zero-order valence-corrected chi connectivity index (χ0v) is 13.2. The molecule has 0 aliphatic carbocycles. The molecule has 1 aromatic carbocycles. The number of benzene rings is 1. The minimum atomic E-state index is -0.139. The fourth-order valence-electron chi connectivity index (χ4n) is 2.47. The fourth-order valence-corrected chi connectivity index (χ4v) is 2.60. The number of aromatic nitrogens is 2. The number of anilines is 1. The van der Waals surface area contributed by atoms with Gasteiger partial charge in [-0.05, 0) is 37.1 Å². The first-order valence-corrected chi connectivity index (χ1v) is 7.83. The summed E-state index contributed by atoms with van der Waals surface area (Å²) in [6.07, 6.45) is 6.46. The molecule has 0 radical (unpaired) electrons. The average molecular weight is 333 g/mol. The van der Waals surface area contributed by atoms with Crippen molar-refractivity contribution < 1.29 is 9.53 Å². The van der Waals surface area contributed by atoms with E-state index in [1.54, 1.807) is 47.8 Å². The summed E-state index contributed by atoms with van der Waals surface area (Å²) < 4.78 is 5.79. The quantitative estimate of drug-likeness (QED) is 0.937. The van der Waals surface area contributed by atoms with E-state index in [4.69, 9.17) is 16.3 Å². The van der Waals surface area contributed by atoms with E-state index in [1.807, 2.05) is 0 Å². The highest BCUT2D eigenvalue weighted by molar-refractivity contribution is 6.30. The van der Waals surface area contributed by atoms with E-state index in [0.717, 1.165) is 18.5 Å².